The zero-order valence-electron chi connectivity index (χ0n) is 18.8. The minimum absolute atomic E-state index is 0.0859. The molecule has 1 amide bonds. The molecule has 2 fully saturated rings. The first kappa shape index (κ1) is 22.1. The van der Waals surface area contributed by atoms with E-state index in [9.17, 15) is 13.2 Å². The van der Waals surface area contributed by atoms with Gasteiger partial charge < -0.3 is 10.1 Å². The summed E-state index contributed by atoms with van der Waals surface area (Å²) in [5, 5.41) is 7.23. The number of benzene rings is 1. The van der Waals surface area contributed by atoms with E-state index in [2.05, 4.69) is 15.4 Å². The van der Waals surface area contributed by atoms with Crippen LogP contribution in [0.25, 0.3) is 0 Å². The molecule has 3 aliphatic heterocycles. The predicted molar refractivity (Wildman–Crippen MR) is 124 cm³/mol. The first-order valence-corrected chi connectivity index (χ1v) is 12.5. The molecule has 2 saturated heterocycles. The molecule has 0 bridgehead atoms. The molecule has 9 nitrogen and oxygen atoms in total. The number of amides is 1. The van der Waals surface area contributed by atoms with Crippen LogP contribution in [0, 0.1) is 5.41 Å². The summed E-state index contributed by atoms with van der Waals surface area (Å²) in [4.78, 5) is 17.3. The quantitative estimate of drug-likeness (QED) is 0.671. The summed E-state index contributed by atoms with van der Waals surface area (Å²) in [5.74, 6) is 0.559. The predicted octanol–water partition coefficient (Wildman–Crippen LogP) is 1.73. The first-order valence-electron chi connectivity index (χ1n) is 11.0. The van der Waals surface area contributed by atoms with E-state index in [4.69, 9.17) is 4.74 Å². The van der Waals surface area contributed by atoms with Gasteiger partial charge in [0, 0.05) is 44.5 Å². The molecule has 4 heterocycles. The highest BCUT2D eigenvalue weighted by molar-refractivity contribution is 7.89. The van der Waals surface area contributed by atoms with E-state index >= 15 is 0 Å². The number of carbonyl (C=O) groups excluding carboxylic acids is 1. The molecule has 174 valence electrons. The number of fused-ring (bicyclic) bond motifs is 1. The van der Waals surface area contributed by atoms with Gasteiger partial charge in [-0.3, -0.25) is 4.79 Å². The van der Waals surface area contributed by atoms with Crippen molar-refractivity contribution in [1.29, 1.82) is 0 Å². The average molecular weight is 471 g/mol. The van der Waals surface area contributed by atoms with Crippen LogP contribution in [-0.2, 0) is 21.3 Å². The Kier molecular flexibility index (Phi) is 5.36. The van der Waals surface area contributed by atoms with Crippen LogP contribution >= 0.6 is 0 Å². The summed E-state index contributed by atoms with van der Waals surface area (Å²) >= 11 is 0. The van der Waals surface area contributed by atoms with Gasteiger partial charge in [0.2, 0.25) is 10.0 Å². The standard InChI is InChI=1S/C23H27N5O4S/c1-28(2)21-18(14-26-28)11-19(13-24-21)22(29)25-12-17-3-5-20(6-4-17)33(30,31)27-15-23(16-27)7-9-32-10-8-23/h3-6,11,13-14H,7-10,12,15-16H2,1-2H3/p+1. The van der Waals surface area contributed by atoms with E-state index in [0.717, 1.165) is 29.8 Å². The Morgan fingerprint density at radius 3 is 2.58 bits per heavy atom. The molecule has 5 rings (SSSR count). The Hall–Kier alpha value is -2.66. The zero-order chi connectivity index (χ0) is 23.3. The Balaban J connectivity index is 1.19. The van der Waals surface area contributed by atoms with Gasteiger partial charge in [-0.15, -0.1) is 0 Å². The third-order valence-electron chi connectivity index (χ3n) is 6.75. The summed E-state index contributed by atoms with van der Waals surface area (Å²) in [6, 6.07) is 8.48. The Bertz CT molecular complexity index is 1210. The lowest BCUT2D eigenvalue weighted by molar-refractivity contribution is -0.0476. The molecule has 0 atom stereocenters. The van der Waals surface area contributed by atoms with E-state index < -0.39 is 10.0 Å². The fraction of sp³-hybridized carbons (Fsp3) is 0.435. The van der Waals surface area contributed by atoms with Crippen LogP contribution in [0.5, 0.6) is 0 Å². The summed E-state index contributed by atoms with van der Waals surface area (Å²) in [6.07, 6.45) is 5.11. The van der Waals surface area contributed by atoms with Gasteiger partial charge in [-0.1, -0.05) is 17.2 Å². The van der Waals surface area contributed by atoms with Crippen LogP contribution in [0.2, 0.25) is 0 Å². The minimum Gasteiger partial charge on any atom is -0.381 e. The van der Waals surface area contributed by atoms with Gasteiger partial charge in [0.15, 0.2) is 0 Å². The molecule has 2 aromatic rings. The molecule has 1 aromatic heterocycles. The number of ether oxygens (including phenoxy) is 1. The molecule has 33 heavy (non-hydrogen) atoms. The number of carbonyl (C=O) groups is 1. The van der Waals surface area contributed by atoms with Crippen molar-refractivity contribution in [3.63, 3.8) is 0 Å². The van der Waals surface area contributed by atoms with Gasteiger partial charge in [-0.2, -0.15) is 8.90 Å². The Morgan fingerprint density at radius 1 is 1.18 bits per heavy atom. The van der Waals surface area contributed by atoms with Crippen molar-refractivity contribution >= 4 is 28.0 Å². The molecule has 1 spiro atoms. The van der Waals surface area contributed by atoms with Gasteiger partial charge in [0.25, 0.3) is 11.7 Å². The molecule has 3 aliphatic rings. The third-order valence-corrected chi connectivity index (χ3v) is 8.56. The van der Waals surface area contributed by atoms with Gasteiger partial charge in [-0.05, 0) is 36.6 Å². The molecule has 0 unspecified atom stereocenters. The number of aromatic nitrogens is 1. The van der Waals surface area contributed by atoms with Crippen molar-refractivity contribution in [3.8, 4) is 0 Å². The fourth-order valence-corrected chi connectivity index (χ4v) is 6.28. The van der Waals surface area contributed by atoms with Gasteiger partial charge >= 0.3 is 0 Å². The van der Waals surface area contributed by atoms with Crippen LogP contribution in [-0.4, -0.2) is 70.2 Å². The molecule has 0 aliphatic carbocycles. The lowest BCUT2D eigenvalue weighted by Crippen LogP contribution is -2.60. The van der Waals surface area contributed by atoms with Crippen molar-refractivity contribution in [1.82, 2.24) is 19.2 Å². The topological polar surface area (TPSA) is 101 Å². The highest BCUT2D eigenvalue weighted by Crippen LogP contribution is 2.42. The van der Waals surface area contributed by atoms with Crippen LogP contribution < -0.4 is 9.91 Å². The number of quaternary nitrogens is 1. The molecule has 1 N–H and O–H groups in total. The summed E-state index contributed by atoms with van der Waals surface area (Å²) < 4.78 is 33.2. The Labute approximate surface area is 193 Å². The lowest BCUT2D eigenvalue weighted by atomic mass is 9.75. The summed E-state index contributed by atoms with van der Waals surface area (Å²) in [5.41, 5.74) is 2.19. The summed E-state index contributed by atoms with van der Waals surface area (Å²) in [7, 11) is 0.340. The van der Waals surface area contributed by atoms with E-state index in [0.29, 0.717) is 43.0 Å². The van der Waals surface area contributed by atoms with E-state index in [1.807, 2.05) is 14.1 Å². The average Bonchev–Trinajstić information content (AvgIpc) is 3.10. The zero-order valence-corrected chi connectivity index (χ0v) is 19.6. The molecule has 1 aromatic carbocycles. The fourth-order valence-electron chi connectivity index (χ4n) is 4.62. The second-order valence-corrected chi connectivity index (χ2v) is 11.4. The third kappa shape index (κ3) is 4.08. The number of nitrogens with one attached hydrogen (secondary N) is 1. The molecule has 0 saturated carbocycles. The number of nitrogens with zero attached hydrogens (tertiary/aromatic N) is 4. The highest BCUT2D eigenvalue weighted by atomic mass is 32.2. The maximum absolute atomic E-state index is 12.9. The molecular weight excluding hydrogens is 442 g/mol. The maximum atomic E-state index is 12.9. The number of rotatable bonds is 5. The normalized spacial score (nSPS) is 20.9. The van der Waals surface area contributed by atoms with Gasteiger partial charge in [-0.25, -0.2) is 13.4 Å². The van der Waals surface area contributed by atoms with Crippen molar-refractivity contribution < 1.29 is 17.9 Å². The molecular formula is C23H28N5O4S+. The van der Waals surface area contributed by atoms with Crippen molar-refractivity contribution in [2.24, 2.45) is 10.5 Å². The monoisotopic (exact) mass is 470 g/mol. The highest BCUT2D eigenvalue weighted by Gasteiger charge is 2.48. The SMILES string of the molecule is C[N+]1(C)N=Cc2cc(C(=O)NCc3ccc(S(=O)(=O)N4CC5(CCOCC5)C4)cc3)cnc21. The summed E-state index contributed by atoms with van der Waals surface area (Å²) in [6.45, 7) is 2.83. The lowest BCUT2D eigenvalue weighted by Gasteiger charge is -2.51. The second kappa shape index (κ2) is 7.98. The van der Waals surface area contributed by atoms with E-state index in [1.165, 1.54) is 0 Å². The van der Waals surface area contributed by atoms with Crippen LogP contribution in [0.1, 0.15) is 34.3 Å². The van der Waals surface area contributed by atoms with Crippen LogP contribution in [0.15, 0.2) is 46.5 Å². The Morgan fingerprint density at radius 2 is 1.88 bits per heavy atom. The molecule has 10 heteroatoms. The van der Waals surface area contributed by atoms with Gasteiger partial charge in [0.05, 0.1) is 36.3 Å². The maximum Gasteiger partial charge on any atom is 0.262 e. The van der Waals surface area contributed by atoms with E-state index in [-0.39, 0.29) is 16.2 Å². The smallest absolute Gasteiger partial charge is 0.262 e. The number of sulfonamides is 1. The van der Waals surface area contributed by atoms with Crippen molar-refractivity contribution in [2.75, 3.05) is 40.4 Å². The van der Waals surface area contributed by atoms with Crippen LogP contribution in [0.4, 0.5) is 5.82 Å². The number of hydrogen-bond donors (Lipinski definition) is 1. The molecule has 0 radical (unpaired) electrons. The first-order chi connectivity index (χ1) is 15.7. The van der Waals surface area contributed by atoms with Crippen molar-refractivity contribution in [3.05, 3.63) is 53.2 Å². The minimum atomic E-state index is -3.50. The second-order valence-electron chi connectivity index (χ2n) is 9.49. The van der Waals surface area contributed by atoms with Gasteiger partial charge in [0.1, 0.15) is 0 Å². The number of pyridine rings is 1. The van der Waals surface area contributed by atoms with E-state index in [1.54, 1.807) is 47.0 Å². The largest absolute Gasteiger partial charge is 0.381 e. The van der Waals surface area contributed by atoms with Crippen molar-refractivity contribution in [2.45, 2.75) is 24.3 Å². The van der Waals surface area contributed by atoms with Crippen LogP contribution in [0.3, 0.4) is 0 Å². The number of hydrogen-bond acceptors (Lipinski definition) is 6.